The Hall–Kier alpha value is 0.230. The van der Waals surface area contributed by atoms with Gasteiger partial charge in [0.05, 0.1) is 0 Å². The summed E-state index contributed by atoms with van der Waals surface area (Å²) in [5, 5.41) is 6.49. The van der Waals surface area contributed by atoms with Crippen LogP contribution in [0.15, 0.2) is 0 Å². The van der Waals surface area contributed by atoms with Crippen LogP contribution >= 0.6 is 12.6 Å². The summed E-state index contributed by atoms with van der Waals surface area (Å²) < 4.78 is 0. The second-order valence-corrected chi connectivity index (χ2v) is 2.81. The lowest BCUT2D eigenvalue weighted by Crippen LogP contribution is -2.26. The minimum Gasteiger partial charge on any atom is -0.329 e. The van der Waals surface area contributed by atoms with Crippen LogP contribution in [0.25, 0.3) is 0 Å². The fourth-order valence-electron chi connectivity index (χ4n) is 0.770. The molecule has 0 amide bonds. The third kappa shape index (κ3) is 10.2. The molecule has 0 spiro atoms. The van der Waals surface area contributed by atoms with Crippen molar-refractivity contribution in [1.82, 2.24) is 10.6 Å². The van der Waals surface area contributed by atoms with Gasteiger partial charge in [-0.2, -0.15) is 12.6 Å². The van der Waals surface area contributed by atoms with Crippen LogP contribution in [-0.2, 0) is 0 Å². The van der Waals surface area contributed by atoms with Gasteiger partial charge < -0.3 is 16.4 Å². The van der Waals surface area contributed by atoms with Crippen LogP contribution < -0.4 is 16.4 Å². The van der Waals surface area contributed by atoms with E-state index in [4.69, 9.17) is 5.73 Å². The summed E-state index contributed by atoms with van der Waals surface area (Å²) in [6.07, 6.45) is 1.16. The van der Waals surface area contributed by atoms with Crippen molar-refractivity contribution in [1.29, 1.82) is 0 Å². The fourth-order valence-corrected chi connectivity index (χ4v) is 0.928. The highest BCUT2D eigenvalue weighted by Gasteiger charge is 1.86. The van der Waals surface area contributed by atoms with E-state index in [0.29, 0.717) is 0 Å². The van der Waals surface area contributed by atoms with Crippen LogP contribution in [0.5, 0.6) is 0 Å². The van der Waals surface area contributed by atoms with Crippen molar-refractivity contribution in [3.05, 3.63) is 0 Å². The first-order chi connectivity index (χ1) is 5.41. The van der Waals surface area contributed by atoms with Crippen molar-refractivity contribution in [3.63, 3.8) is 0 Å². The summed E-state index contributed by atoms with van der Waals surface area (Å²) in [5.41, 5.74) is 5.30. The molecule has 68 valence electrons. The van der Waals surface area contributed by atoms with Crippen LogP contribution in [0, 0.1) is 0 Å². The molecule has 0 atom stereocenters. The SMILES string of the molecule is NCCNCCCNCCS. The highest BCUT2D eigenvalue weighted by Crippen LogP contribution is 1.73. The normalized spacial score (nSPS) is 10.4. The van der Waals surface area contributed by atoms with Crippen molar-refractivity contribution in [3.8, 4) is 0 Å². The zero-order chi connectivity index (χ0) is 8.36. The van der Waals surface area contributed by atoms with Gasteiger partial charge in [0.25, 0.3) is 0 Å². The van der Waals surface area contributed by atoms with Gasteiger partial charge in [-0.05, 0) is 19.5 Å². The molecule has 0 unspecified atom stereocenters. The lowest BCUT2D eigenvalue weighted by molar-refractivity contribution is 0.611. The monoisotopic (exact) mass is 177 g/mol. The molecule has 4 N–H and O–H groups in total. The van der Waals surface area contributed by atoms with E-state index in [9.17, 15) is 0 Å². The van der Waals surface area contributed by atoms with Crippen LogP contribution in [-0.4, -0.2) is 38.5 Å². The van der Waals surface area contributed by atoms with Crippen LogP contribution in [0.1, 0.15) is 6.42 Å². The first kappa shape index (κ1) is 11.2. The standard InChI is InChI=1S/C7H19N3S/c8-2-5-9-3-1-4-10-6-7-11/h9-11H,1-8H2. The molecule has 0 bridgehead atoms. The van der Waals surface area contributed by atoms with E-state index < -0.39 is 0 Å². The molecule has 0 aliphatic heterocycles. The number of hydrogen-bond donors (Lipinski definition) is 4. The van der Waals surface area contributed by atoms with Gasteiger partial charge in [-0.3, -0.25) is 0 Å². The second kappa shape index (κ2) is 10.2. The maximum atomic E-state index is 5.30. The van der Waals surface area contributed by atoms with E-state index >= 15 is 0 Å². The summed E-state index contributed by atoms with van der Waals surface area (Å²) in [6.45, 7) is 4.77. The van der Waals surface area contributed by atoms with E-state index in [1.54, 1.807) is 0 Å². The number of nitrogens with two attached hydrogens (primary N) is 1. The number of thiol groups is 1. The smallest absolute Gasteiger partial charge is 0.00745 e. The van der Waals surface area contributed by atoms with Gasteiger partial charge in [0.2, 0.25) is 0 Å². The maximum absolute atomic E-state index is 5.30. The molecule has 0 saturated carbocycles. The molecule has 0 rings (SSSR count). The van der Waals surface area contributed by atoms with Gasteiger partial charge in [-0.15, -0.1) is 0 Å². The molecular formula is C7H19N3S. The van der Waals surface area contributed by atoms with Crippen LogP contribution in [0.4, 0.5) is 0 Å². The topological polar surface area (TPSA) is 50.1 Å². The van der Waals surface area contributed by atoms with Crippen LogP contribution in [0.2, 0.25) is 0 Å². The van der Waals surface area contributed by atoms with Gasteiger partial charge in [0.1, 0.15) is 0 Å². The minimum absolute atomic E-state index is 0.726. The molecule has 0 radical (unpaired) electrons. The van der Waals surface area contributed by atoms with E-state index in [-0.39, 0.29) is 0 Å². The molecule has 0 fully saturated rings. The quantitative estimate of drug-likeness (QED) is 0.297. The summed E-state index contributed by atoms with van der Waals surface area (Å²) in [6, 6.07) is 0. The maximum Gasteiger partial charge on any atom is 0.00745 e. The molecular weight excluding hydrogens is 158 g/mol. The van der Waals surface area contributed by atoms with Gasteiger partial charge >= 0.3 is 0 Å². The Morgan fingerprint density at radius 2 is 1.64 bits per heavy atom. The molecule has 4 heteroatoms. The highest BCUT2D eigenvalue weighted by atomic mass is 32.1. The Bertz CT molecular complexity index is 62.7. The molecule has 0 aromatic rings. The number of hydrogen-bond acceptors (Lipinski definition) is 4. The molecule has 0 aliphatic carbocycles. The predicted molar refractivity (Wildman–Crippen MR) is 53.3 cm³/mol. The van der Waals surface area contributed by atoms with Gasteiger partial charge in [0, 0.05) is 25.4 Å². The predicted octanol–water partition coefficient (Wildman–Crippen LogP) is -0.556. The Labute approximate surface area is 74.5 Å². The zero-order valence-electron chi connectivity index (χ0n) is 6.97. The van der Waals surface area contributed by atoms with Crippen molar-refractivity contribution >= 4 is 12.6 Å². The van der Waals surface area contributed by atoms with Crippen molar-refractivity contribution < 1.29 is 0 Å². The minimum atomic E-state index is 0.726. The van der Waals surface area contributed by atoms with Crippen LogP contribution in [0.3, 0.4) is 0 Å². The molecule has 0 aromatic heterocycles. The molecule has 11 heavy (non-hydrogen) atoms. The fraction of sp³-hybridized carbons (Fsp3) is 1.00. The summed E-state index contributed by atoms with van der Waals surface area (Å²) >= 11 is 4.08. The van der Waals surface area contributed by atoms with Crippen molar-refractivity contribution in [2.45, 2.75) is 6.42 Å². The highest BCUT2D eigenvalue weighted by molar-refractivity contribution is 7.80. The van der Waals surface area contributed by atoms with Gasteiger partial charge in [-0.1, -0.05) is 0 Å². The number of rotatable bonds is 8. The van der Waals surface area contributed by atoms with E-state index in [1.165, 1.54) is 0 Å². The molecule has 3 nitrogen and oxygen atoms in total. The van der Waals surface area contributed by atoms with Gasteiger partial charge in [0.15, 0.2) is 0 Å². The number of nitrogens with one attached hydrogen (secondary N) is 2. The Balaban J connectivity index is 2.69. The third-order valence-electron chi connectivity index (χ3n) is 1.32. The van der Waals surface area contributed by atoms with Crippen molar-refractivity contribution in [2.75, 3.05) is 38.5 Å². The average molecular weight is 177 g/mol. The Kier molecular flexibility index (Phi) is 10.4. The Morgan fingerprint density at radius 1 is 1.00 bits per heavy atom. The lowest BCUT2D eigenvalue weighted by atomic mass is 10.4. The van der Waals surface area contributed by atoms with E-state index in [0.717, 1.165) is 44.9 Å². The van der Waals surface area contributed by atoms with Crippen molar-refractivity contribution in [2.24, 2.45) is 5.73 Å². The summed E-state index contributed by atoms with van der Waals surface area (Å²) in [5.74, 6) is 0.913. The summed E-state index contributed by atoms with van der Waals surface area (Å²) in [4.78, 5) is 0. The molecule has 0 aromatic carbocycles. The molecule has 0 saturated heterocycles. The second-order valence-electron chi connectivity index (χ2n) is 2.37. The lowest BCUT2D eigenvalue weighted by Gasteiger charge is -2.03. The third-order valence-corrected chi connectivity index (χ3v) is 1.54. The van der Waals surface area contributed by atoms with Gasteiger partial charge in [-0.25, -0.2) is 0 Å². The first-order valence-electron chi connectivity index (χ1n) is 4.14. The Morgan fingerprint density at radius 3 is 2.18 bits per heavy atom. The van der Waals surface area contributed by atoms with E-state index in [1.807, 2.05) is 0 Å². The largest absolute Gasteiger partial charge is 0.329 e. The molecule has 0 heterocycles. The molecule has 0 aliphatic rings. The first-order valence-corrected chi connectivity index (χ1v) is 4.77. The van der Waals surface area contributed by atoms with E-state index in [2.05, 4.69) is 23.3 Å². The average Bonchev–Trinajstić information content (AvgIpc) is 2.03. The zero-order valence-corrected chi connectivity index (χ0v) is 7.87. The summed E-state index contributed by atoms with van der Waals surface area (Å²) in [7, 11) is 0.